The van der Waals surface area contributed by atoms with Gasteiger partial charge in [0.2, 0.25) is 0 Å². The SMILES string of the molecule is Cc1c(Cl)cccc1/C=C/CN. The van der Waals surface area contributed by atoms with Crippen LogP contribution in [0.3, 0.4) is 0 Å². The summed E-state index contributed by atoms with van der Waals surface area (Å²) in [6.45, 7) is 2.56. The Bertz CT molecular complexity index is 292. The summed E-state index contributed by atoms with van der Waals surface area (Å²) >= 11 is 5.93. The normalized spacial score (nSPS) is 10.9. The summed E-state index contributed by atoms with van der Waals surface area (Å²) in [6, 6.07) is 5.84. The van der Waals surface area contributed by atoms with E-state index in [0.29, 0.717) is 6.54 Å². The van der Waals surface area contributed by atoms with Gasteiger partial charge in [-0.2, -0.15) is 0 Å². The third-order valence-electron chi connectivity index (χ3n) is 1.74. The number of rotatable bonds is 2. The van der Waals surface area contributed by atoms with Gasteiger partial charge in [-0.25, -0.2) is 0 Å². The zero-order valence-electron chi connectivity index (χ0n) is 7.05. The lowest BCUT2D eigenvalue weighted by atomic mass is 10.1. The van der Waals surface area contributed by atoms with Crippen LogP contribution in [0.2, 0.25) is 5.02 Å². The molecule has 1 aromatic carbocycles. The van der Waals surface area contributed by atoms with Crippen molar-refractivity contribution in [1.29, 1.82) is 0 Å². The molecule has 2 N–H and O–H groups in total. The maximum absolute atomic E-state index is 5.93. The highest BCUT2D eigenvalue weighted by Gasteiger charge is 1.96. The molecule has 64 valence electrons. The Morgan fingerprint density at radius 1 is 1.50 bits per heavy atom. The topological polar surface area (TPSA) is 26.0 Å². The second kappa shape index (κ2) is 4.29. The second-order valence-corrected chi connectivity index (χ2v) is 3.00. The Morgan fingerprint density at radius 3 is 2.92 bits per heavy atom. The maximum atomic E-state index is 5.93. The molecular weight excluding hydrogens is 170 g/mol. The summed E-state index contributed by atoms with van der Waals surface area (Å²) in [4.78, 5) is 0. The average Bonchev–Trinajstić information content (AvgIpc) is 2.08. The van der Waals surface area contributed by atoms with Gasteiger partial charge in [0.15, 0.2) is 0 Å². The summed E-state index contributed by atoms with van der Waals surface area (Å²) in [6.07, 6.45) is 3.90. The van der Waals surface area contributed by atoms with Gasteiger partial charge in [0.05, 0.1) is 0 Å². The van der Waals surface area contributed by atoms with Gasteiger partial charge in [0, 0.05) is 11.6 Å². The van der Waals surface area contributed by atoms with Gasteiger partial charge in [-0.15, -0.1) is 0 Å². The molecule has 1 nitrogen and oxygen atoms in total. The van der Waals surface area contributed by atoms with Gasteiger partial charge in [-0.3, -0.25) is 0 Å². The summed E-state index contributed by atoms with van der Waals surface area (Å²) in [5, 5.41) is 0.800. The predicted molar refractivity (Wildman–Crippen MR) is 54.3 cm³/mol. The monoisotopic (exact) mass is 181 g/mol. The van der Waals surface area contributed by atoms with Crippen LogP contribution in [0.25, 0.3) is 6.08 Å². The zero-order valence-corrected chi connectivity index (χ0v) is 7.81. The van der Waals surface area contributed by atoms with E-state index in [2.05, 4.69) is 0 Å². The van der Waals surface area contributed by atoms with Crippen LogP contribution in [0.5, 0.6) is 0 Å². The lowest BCUT2D eigenvalue weighted by Gasteiger charge is -2.01. The second-order valence-electron chi connectivity index (χ2n) is 2.59. The number of benzene rings is 1. The van der Waals surface area contributed by atoms with Gasteiger partial charge in [0.1, 0.15) is 0 Å². The Balaban J connectivity index is 3.00. The van der Waals surface area contributed by atoms with Crippen molar-refractivity contribution in [2.24, 2.45) is 5.73 Å². The maximum Gasteiger partial charge on any atom is 0.0441 e. The molecule has 0 bridgehead atoms. The van der Waals surface area contributed by atoms with Crippen LogP contribution in [0, 0.1) is 6.92 Å². The summed E-state index contributed by atoms with van der Waals surface area (Å²) in [5.74, 6) is 0. The van der Waals surface area contributed by atoms with E-state index in [1.54, 1.807) is 0 Å². The molecule has 1 aromatic rings. The first-order valence-corrected chi connectivity index (χ1v) is 4.25. The molecule has 0 saturated heterocycles. The first-order chi connectivity index (χ1) is 5.75. The fourth-order valence-electron chi connectivity index (χ4n) is 1.000. The van der Waals surface area contributed by atoms with Crippen LogP contribution in [0.15, 0.2) is 24.3 Å². The number of halogens is 1. The smallest absolute Gasteiger partial charge is 0.0441 e. The molecule has 0 atom stereocenters. The lowest BCUT2D eigenvalue weighted by molar-refractivity contribution is 1.26. The Hall–Kier alpha value is -0.790. The molecule has 0 fully saturated rings. The summed E-state index contributed by atoms with van der Waals surface area (Å²) in [7, 11) is 0. The first kappa shape index (κ1) is 9.30. The van der Waals surface area contributed by atoms with Crippen LogP contribution in [-0.4, -0.2) is 6.54 Å². The molecule has 0 aromatic heterocycles. The van der Waals surface area contributed by atoms with Crippen LogP contribution in [0.4, 0.5) is 0 Å². The van der Waals surface area contributed by atoms with Gasteiger partial charge in [-0.1, -0.05) is 35.9 Å². The third kappa shape index (κ3) is 2.10. The highest BCUT2D eigenvalue weighted by atomic mass is 35.5. The molecule has 0 amide bonds. The van der Waals surface area contributed by atoms with E-state index in [9.17, 15) is 0 Å². The fourth-order valence-corrected chi connectivity index (χ4v) is 1.18. The van der Waals surface area contributed by atoms with Crippen LogP contribution in [-0.2, 0) is 0 Å². The molecule has 0 spiro atoms. The molecule has 0 unspecified atom stereocenters. The average molecular weight is 182 g/mol. The molecule has 0 saturated carbocycles. The van der Waals surface area contributed by atoms with Crippen molar-refractivity contribution >= 4 is 17.7 Å². The molecule has 0 heterocycles. The van der Waals surface area contributed by atoms with Crippen molar-refractivity contribution in [3.8, 4) is 0 Å². The van der Waals surface area contributed by atoms with E-state index < -0.39 is 0 Å². The summed E-state index contributed by atoms with van der Waals surface area (Å²) in [5.41, 5.74) is 7.58. The van der Waals surface area contributed by atoms with E-state index >= 15 is 0 Å². The van der Waals surface area contributed by atoms with Gasteiger partial charge in [-0.05, 0) is 24.1 Å². The quantitative estimate of drug-likeness (QED) is 0.746. The van der Waals surface area contributed by atoms with Crippen molar-refractivity contribution in [2.45, 2.75) is 6.92 Å². The molecule has 1 rings (SSSR count). The molecule has 0 aliphatic carbocycles. The first-order valence-electron chi connectivity index (χ1n) is 3.87. The van der Waals surface area contributed by atoms with Crippen LogP contribution < -0.4 is 5.73 Å². The van der Waals surface area contributed by atoms with Crippen molar-refractivity contribution in [3.05, 3.63) is 40.4 Å². The molecule has 0 aliphatic heterocycles. The fraction of sp³-hybridized carbons (Fsp3) is 0.200. The molecule has 2 heteroatoms. The number of hydrogen-bond acceptors (Lipinski definition) is 1. The van der Waals surface area contributed by atoms with Crippen molar-refractivity contribution in [2.75, 3.05) is 6.54 Å². The minimum absolute atomic E-state index is 0.561. The largest absolute Gasteiger partial charge is 0.327 e. The van der Waals surface area contributed by atoms with Crippen molar-refractivity contribution in [1.82, 2.24) is 0 Å². The van der Waals surface area contributed by atoms with Crippen LogP contribution >= 0.6 is 11.6 Å². The van der Waals surface area contributed by atoms with Crippen molar-refractivity contribution < 1.29 is 0 Å². The van der Waals surface area contributed by atoms with E-state index in [4.69, 9.17) is 17.3 Å². The van der Waals surface area contributed by atoms with E-state index in [1.807, 2.05) is 37.3 Å². The number of hydrogen-bond donors (Lipinski definition) is 1. The minimum atomic E-state index is 0.561. The summed E-state index contributed by atoms with van der Waals surface area (Å²) < 4.78 is 0. The highest BCUT2D eigenvalue weighted by Crippen LogP contribution is 2.19. The van der Waals surface area contributed by atoms with E-state index in [1.165, 1.54) is 0 Å². The lowest BCUT2D eigenvalue weighted by Crippen LogP contribution is -1.92. The van der Waals surface area contributed by atoms with Crippen molar-refractivity contribution in [3.63, 3.8) is 0 Å². The van der Waals surface area contributed by atoms with Gasteiger partial charge < -0.3 is 5.73 Å². The van der Waals surface area contributed by atoms with Crippen LogP contribution in [0.1, 0.15) is 11.1 Å². The Kier molecular flexibility index (Phi) is 3.32. The third-order valence-corrected chi connectivity index (χ3v) is 2.15. The molecule has 0 aliphatic rings. The minimum Gasteiger partial charge on any atom is -0.327 e. The van der Waals surface area contributed by atoms with E-state index in [-0.39, 0.29) is 0 Å². The van der Waals surface area contributed by atoms with E-state index in [0.717, 1.165) is 16.1 Å². The van der Waals surface area contributed by atoms with Gasteiger partial charge >= 0.3 is 0 Å². The Morgan fingerprint density at radius 2 is 2.25 bits per heavy atom. The standard InChI is InChI=1S/C10H12ClN/c1-8-9(5-3-7-12)4-2-6-10(8)11/h2-6H,7,12H2,1H3/b5-3+. The molecular formula is C10H12ClN. The zero-order chi connectivity index (χ0) is 8.97. The number of nitrogens with two attached hydrogens (primary N) is 1. The highest BCUT2D eigenvalue weighted by molar-refractivity contribution is 6.31. The molecule has 0 radical (unpaired) electrons. The Labute approximate surface area is 77.8 Å². The predicted octanol–water partition coefficient (Wildman–Crippen LogP) is 2.62. The van der Waals surface area contributed by atoms with Gasteiger partial charge in [0.25, 0.3) is 0 Å². The molecule has 12 heavy (non-hydrogen) atoms.